The smallest absolute Gasteiger partial charge is 0.341 e. The maximum atomic E-state index is 13.1. The minimum Gasteiger partial charge on any atom is -0.341 e. The van der Waals surface area contributed by atoms with E-state index in [-0.39, 0.29) is 36.1 Å². The van der Waals surface area contributed by atoms with Gasteiger partial charge in [-0.1, -0.05) is 12.8 Å². The first-order chi connectivity index (χ1) is 14.0. The fourth-order valence-electron chi connectivity index (χ4n) is 4.65. The molecule has 0 aromatic heterocycles. The van der Waals surface area contributed by atoms with Gasteiger partial charge in [0.1, 0.15) is 0 Å². The van der Waals surface area contributed by atoms with Gasteiger partial charge in [0.05, 0.1) is 17.5 Å². The molecule has 1 aliphatic heterocycles. The van der Waals surface area contributed by atoms with Crippen molar-refractivity contribution < 1.29 is 31.1 Å². The molecule has 176 valence electrons. The molecule has 31 heavy (non-hydrogen) atoms. The number of carbonyl (C=O) groups is 1. The van der Waals surface area contributed by atoms with Crippen molar-refractivity contribution in [2.24, 2.45) is 0 Å². The van der Waals surface area contributed by atoms with Crippen LogP contribution in [0, 0.1) is 0 Å². The average molecular weight is 473 g/mol. The molecule has 1 aromatic rings. The number of likely N-dealkylation sites (N-methyl/N-ethyl adjacent to an activating group) is 1. The average Bonchev–Trinajstić information content (AvgIpc) is 3.20. The van der Waals surface area contributed by atoms with Crippen LogP contribution in [-0.2, 0) is 23.6 Å². The lowest BCUT2D eigenvalue weighted by Gasteiger charge is -2.42. The van der Waals surface area contributed by atoms with Crippen molar-refractivity contribution in [2.75, 3.05) is 20.1 Å². The molecule has 3 rings (SSSR count). The van der Waals surface area contributed by atoms with E-state index in [0.29, 0.717) is 12.1 Å². The quantitative estimate of drug-likeness (QED) is 0.536. The fourth-order valence-corrected chi connectivity index (χ4v) is 4.65. The van der Waals surface area contributed by atoms with Gasteiger partial charge in [-0.15, -0.1) is 12.4 Å². The van der Waals surface area contributed by atoms with Crippen LogP contribution in [0.5, 0.6) is 0 Å². The number of alkyl halides is 6. The van der Waals surface area contributed by atoms with Gasteiger partial charge in [-0.3, -0.25) is 9.69 Å². The molecule has 0 unspecified atom stereocenters. The van der Waals surface area contributed by atoms with Crippen LogP contribution in [0.1, 0.15) is 55.2 Å². The Labute approximate surface area is 184 Å². The van der Waals surface area contributed by atoms with Gasteiger partial charge >= 0.3 is 12.4 Å². The lowest BCUT2D eigenvalue weighted by Crippen LogP contribution is -2.53. The van der Waals surface area contributed by atoms with Crippen molar-refractivity contribution in [1.29, 1.82) is 0 Å². The summed E-state index contributed by atoms with van der Waals surface area (Å²) >= 11 is 0. The Balaban J connectivity index is 0.00000341. The highest BCUT2D eigenvalue weighted by Crippen LogP contribution is 2.37. The Morgan fingerprint density at radius 2 is 1.45 bits per heavy atom. The van der Waals surface area contributed by atoms with Gasteiger partial charge in [0, 0.05) is 19.1 Å². The van der Waals surface area contributed by atoms with Crippen LogP contribution >= 0.6 is 12.4 Å². The number of hydrogen-bond acceptors (Lipinski definition) is 2. The van der Waals surface area contributed by atoms with E-state index in [9.17, 15) is 31.1 Å². The topological polar surface area (TPSA) is 23.6 Å². The largest absolute Gasteiger partial charge is 0.416 e. The summed E-state index contributed by atoms with van der Waals surface area (Å²) in [5.41, 5.74) is -3.06. The minimum absolute atomic E-state index is 0. The second-order valence-electron chi connectivity index (χ2n) is 8.26. The number of amides is 1. The second kappa shape index (κ2) is 9.98. The molecule has 10 heteroatoms. The highest BCUT2D eigenvalue weighted by Gasteiger charge is 2.38. The lowest BCUT2D eigenvalue weighted by atomic mass is 9.88. The Morgan fingerprint density at radius 1 is 0.935 bits per heavy atom. The highest BCUT2D eigenvalue weighted by atomic mass is 35.5. The van der Waals surface area contributed by atoms with E-state index in [1.54, 1.807) is 7.05 Å². The summed E-state index contributed by atoms with van der Waals surface area (Å²) in [6.07, 6.45) is -4.38. The molecular weight excluding hydrogens is 446 g/mol. The summed E-state index contributed by atoms with van der Waals surface area (Å²) in [5, 5.41) is 0. The monoisotopic (exact) mass is 472 g/mol. The lowest BCUT2D eigenvalue weighted by molar-refractivity contribution is -0.143. The molecule has 0 bridgehead atoms. The summed E-state index contributed by atoms with van der Waals surface area (Å²) in [7, 11) is 1.61. The van der Waals surface area contributed by atoms with E-state index < -0.39 is 35.8 Å². The van der Waals surface area contributed by atoms with E-state index in [4.69, 9.17) is 0 Å². The van der Waals surface area contributed by atoms with Crippen molar-refractivity contribution in [3.63, 3.8) is 0 Å². The summed E-state index contributed by atoms with van der Waals surface area (Å²) in [4.78, 5) is 16.7. The van der Waals surface area contributed by atoms with Crippen molar-refractivity contribution in [2.45, 2.75) is 69.4 Å². The van der Waals surface area contributed by atoms with Crippen LogP contribution in [0.4, 0.5) is 26.3 Å². The van der Waals surface area contributed by atoms with Crippen LogP contribution in [-0.4, -0.2) is 47.9 Å². The number of nitrogens with zero attached hydrogens (tertiary/aromatic N) is 2. The zero-order valence-corrected chi connectivity index (χ0v) is 18.0. The normalized spacial score (nSPS) is 22.8. The number of rotatable bonds is 4. The van der Waals surface area contributed by atoms with E-state index in [1.165, 1.54) is 4.90 Å². The number of hydrogen-bond donors (Lipinski definition) is 0. The molecule has 0 N–H and O–H groups in total. The molecule has 2 atom stereocenters. The summed E-state index contributed by atoms with van der Waals surface area (Å²) in [6, 6.07) is 1.49. The zero-order valence-electron chi connectivity index (χ0n) is 17.2. The summed E-state index contributed by atoms with van der Waals surface area (Å²) < 4.78 is 78.5. The van der Waals surface area contributed by atoms with Crippen LogP contribution in [0.2, 0.25) is 0 Å². The Bertz CT molecular complexity index is 729. The first kappa shape index (κ1) is 25.8. The van der Waals surface area contributed by atoms with E-state index in [0.717, 1.165) is 51.6 Å². The fraction of sp³-hybridized carbons (Fsp3) is 0.667. The van der Waals surface area contributed by atoms with E-state index >= 15 is 0 Å². The molecule has 1 aliphatic carbocycles. The zero-order chi connectivity index (χ0) is 22.1. The summed E-state index contributed by atoms with van der Waals surface area (Å²) in [5.74, 6) is -0.460. The van der Waals surface area contributed by atoms with Gasteiger partial charge in [0.2, 0.25) is 5.91 Å². The third kappa shape index (κ3) is 6.28. The molecule has 1 aromatic carbocycles. The number of likely N-dealkylation sites (tertiary alicyclic amines) is 1. The van der Waals surface area contributed by atoms with Crippen LogP contribution < -0.4 is 0 Å². The second-order valence-corrected chi connectivity index (χ2v) is 8.26. The van der Waals surface area contributed by atoms with Gasteiger partial charge in [0.25, 0.3) is 0 Å². The molecule has 1 amide bonds. The molecule has 2 aliphatic rings. The number of halogens is 7. The SMILES string of the molecule is CN(C(=O)Cc1cc(C(F)(F)F)cc(C(F)(F)F)c1)[C@@H]1CCCC[C@H]1N1CCCC1.Cl. The molecule has 1 saturated heterocycles. The van der Waals surface area contributed by atoms with Gasteiger partial charge in [-0.25, -0.2) is 0 Å². The maximum Gasteiger partial charge on any atom is 0.416 e. The van der Waals surface area contributed by atoms with Crippen molar-refractivity contribution >= 4 is 18.3 Å². The van der Waals surface area contributed by atoms with Gasteiger partial charge in [-0.2, -0.15) is 26.3 Å². The van der Waals surface area contributed by atoms with E-state index in [1.807, 2.05) is 0 Å². The number of benzene rings is 1. The molecular formula is C21H27ClF6N2O. The Hall–Kier alpha value is -1.48. The first-order valence-corrected chi connectivity index (χ1v) is 10.2. The van der Waals surface area contributed by atoms with Gasteiger partial charge < -0.3 is 4.90 Å². The Morgan fingerprint density at radius 3 is 1.97 bits per heavy atom. The molecule has 1 saturated carbocycles. The van der Waals surface area contributed by atoms with Crippen molar-refractivity contribution in [1.82, 2.24) is 9.80 Å². The standard InChI is InChI=1S/C21H26F6N2O.ClH/c1-28(17-6-2-3-7-18(17)29-8-4-5-9-29)19(30)12-14-10-15(20(22,23)24)13-16(11-14)21(25,26)27;/h10-11,13,17-18H,2-9,12H2,1H3;1H/t17-,18-;/m1./s1. The third-order valence-corrected chi connectivity index (χ3v) is 6.20. The third-order valence-electron chi connectivity index (χ3n) is 6.20. The maximum absolute atomic E-state index is 13.1. The predicted octanol–water partition coefficient (Wildman–Crippen LogP) is 5.55. The molecule has 0 radical (unpaired) electrons. The summed E-state index contributed by atoms with van der Waals surface area (Å²) in [6.45, 7) is 1.93. The van der Waals surface area contributed by atoms with Crippen molar-refractivity contribution in [3.05, 3.63) is 34.9 Å². The predicted molar refractivity (Wildman–Crippen MR) is 107 cm³/mol. The van der Waals surface area contributed by atoms with Gasteiger partial charge in [0.15, 0.2) is 0 Å². The molecule has 1 heterocycles. The van der Waals surface area contributed by atoms with Crippen molar-refractivity contribution in [3.8, 4) is 0 Å². The van der Waals surface area contributed by atoms with Crippen LogP contribution in [0.25, 0.3) is 0 Å². The van der Waals surface area contributed by atoms with Crippen LogP contribution in [0.15, 0.2) is 18.2 Å². The molecule has 2 fully saturated rings. The van der Waals surface area contributed by atoms with Gasteiger partial charge in [-0.05, 0) is 62.5 Å². The first-order valence-electron chi connectivity index (χ1n) is 10.2. The van der Waals surface area contributed by atoms with E-state index in [2.05, 4.69) is 4.90 Å². The molecule has 3 nitrogen and oxygen atoms in total. The van der Waals surface area contributed by atoms with Crippen LogP contribution in [0.3, 0.4) is 0 Å². The highest BCUT2D eigenvalue weighted by molar-refractivity contribution is 5.85. The minimum atomic E-state index is -4.92. The Kier molecular flexibility index (Phi) is 8.30. The number of carbonyl (C=O) groups excluding carboxylic acids is 1. The molecule has 0 spiro atoms.